The number of amides is 2. The number of urea groups is 1. The van der Waals surface area contributed by atoms with Crippen molar-refractivity contribution in [3.63, 3.8) is 0 Å². The van der Waals surface area contributed by atoms with Crippen molar-refractivity contribution in [2.24, 2.45) is 0 Å². The monoisotopic (exact) mass is 234 g/mol. The van der Waals surface area contributed by atoms with E-state index in [1.165, 1.54) is 0 Å². The number of fused-ring (bicyclic) bond motifs is 1. The molecule has 0 radical (unpaired) electrons. The van der Waals surface area contributed by atoms with Crippen molar-refractivity contribution in [2.75, 3.05) is 18.1 Å². The molecule has 0 aliphatic carbocycles. The molecule has 1 aliphatic heterocycles. The normalized spacial score (nSPS) is 14.2. The minimum atomic E-state index is -0.0600. The summed E-state index contributed by atoms with van der Waals surface area (Å²) in [6.45, 7) is 7.05. The Morgan fingerprint density at radius 1 is 1.47 bits per heavy atom. The molecule has 1 N–H and O–H groups in total. The molecule has 2 amide bonds. The number of nitrogens with zero attached hydrogens (tertiary/aromatic N) is 1. The number of rotatable bonds is 1. The van der Waals surface area contributed by atoms with Crippen molar-refractivity contribution in [3.05, 3.63) is 23.8 Å². The smallest absolute Gasteiger partial charge is 0.322 e. The molecule has 2 rings (SSSR count). The van der Waals surface area contributed by atoms with Crippen molar-refractivity contribution in [2.45, 2.75) is 26.8 Å². The number of nitrogens with one attached hydrogen (secondary N) is 1. The number of hydrogen-bond donors (Lipinski definition) is 1. The minimum absolute atomic E-state index is 0.0600. The van der Waals surface area contributed by atoms with E-state index >= 15 is 0 Å². The van der Waals surface area contributed by atoms with Gasteiger partial charge >= 0.3 is 6.03 Å². The van der Waals surface area contributed by atoms with Gasteiger partial charge in [0.25, 0.3) is 0 Å². The molecule has 92 valence electrons. The van der Waals surface area contributed by atoms with E-state index in [0.29, 0.717) is 13.2 Å². The van der Waals surface area contributed by atoms with Crippen LogP contribution in [-0.4, -0.2) is 25.2 Å². The molecule has 0 spiro atoms. The zero-order valence-corrected chi connectivity index (χ0v) is 10.5. The molecular weight excluding hydrogens is 216 g/mol. The number of anilines is 1. The van der Waals surface area contributed by atoms with E-state index in [0.717, 1.165) is 17.0 Å². The Labute approximate surface area is 102 Å². The first-order valence-corrected chi connectivity index (χ1v) is 5.89. The largest absolute Gasteiger partial charge is 0.490 e. The van der Waals surface area contributed by atoms with Gasteiger partial charge in [0.2, 0.25) is 0 Å². The Kier molecular flexibility index (Phi) is 3.22. The number of ether oxygens (including phenoxy) is 1. The number of carbonyl (C=O) groups is 1. The van der Waals surface area contributed by atoms with Crippen LogP contribution in [0.25, 0.3) is 0 Å². The van der Waals surface area contributed by atoms with Crippen LogP contribution >= 0.6 is 0 Å². The Bertz CT molecular complexity index is 429. The number of aryl methyl sites for hydroxylation is 1. The van der Waals surface area contributed by atoms with Gasteiger partial charge in [0.1, 0.15) is 12.4 Å². The van der Waals surface area contributed by atoms with Gasteiger partial charge in [0, 0.05) is 6.04 Å². The molecule has 0 atom stereocenters. The third-order valence-corrected chi connectivity index (χ3v) is 2.63. The van der Waals surface area contributed by atoms with Crippen LogP contribution in [-0.2, 0) is 0 Å². The van der Waals surface area contributed by atoms with Crippen molar-refractivity contribution < 1.29 is 9.53 Å². The first kappa shape index (κ1) is 11.8. The average Bonchev–Trinajstić information content (AvgIpc) is 2.27. The fourth-order valence-electron chi connectivity index (χ4n) is 1.86. The first-order valence-electron chi connectivity index (χ1n) is 5.89. The molecule has 1 heterocycles. The van der Waals surface area contributed by atoms with Gasteiger partial charge in [-0.15, -0.1) is 0 Å². The summed E-state index contributed by atoms with van der Waals surface area (Å²) in [6, 6.07) is 5.96. The summed E-state index contributed by atoms with van der Waals surface area (Å²) in [5.74, 6) is 0.778. The molecule has 0 aromatic heterocycles. The summed E-state index contributed by atoms with van der Waals surface area (Å²) in [5, 5.41) is 2.90. The average molecular weight is 234 g/mol. The fourth-order valence-corrected chi connectivity index (χ4v) is 1.86. The maximum Gasteiger partial charge on any atom is 0.322 e. The van der Waals surface area contributed by atoms with Gasteiger partial charge in [-0.3, -0.25) is 4.90 Å². The Morgan fingerprint density at radius 3 is 2.94 bits per heavy atom. The van der Waals surface area contributed by atoms with Gasteiger partial charge in [-0.25, -0.2) is 4.79 Å². The highest BCUT2D eigenvalue weighted by Gasteiger charge is 2.23. The molecule has 0 bridgehead atoms. The maximum atomic E-state index is 12.0. The number of benzene rings is 1. The lowest BCUT2D eigenvalue weighted by Crippen LogP contribution is -2.46. The summed E-state index contributed by atoms with van der Waals surface area (Å²) < 4.78 is 5.54. The van der Waals surface area contributed by atoms with E-state index in [4.69, 9.17) is 4.74 Å². The van der Waals surface area contributed by atoms with Crippen LogP contribution in [0.2, 0.25) is 0 Å². The third-order valence-electron chi connectivity index (χ3n) is 2.63. The zero-order chi connectivity index (χ0) is 12.4. The number of hydrogen-bond acceptors (Lipinski definition) is 2. The summed E-state index contributed by atoms with van der Waals surface area (Å²) in [4.78, 5) is 13.8. The first-order chi connectivity index (χ1) is 8.08. The van der Waals surface area contributed by atoms with E-state index in [-0.39, 0.29) is 12.1 Å². The lowest BCUT2D eigenvalue weighted by Gasteiger charge is -2.30. The fraction of sp³-hybridized carbons (Fsp3) is 0.462. The molecule has 1 aliphatic rings. The SMILES string of the molecule is Cc1ccc2c(c1)N(C(=O)NC(C)C)CCO2. The molecule has 0 saturated heterocycles. The summed E-state index contributed by atoms with van der Waals surface area (Å²) in [7, 11) is 0. The summed E-state index contributed by atoms with van der Waals surface area (Å²) in [6.07, 6.45) is 0. The van der Waals surface area contributed by atoms with Crippen molar-refractivity contribution in [1.82, 2.24) is 5.32 Å². The van der Waals surface area contributed by atoms with Crippen LogP contribution < -0.4 is 15.0 Å². The van der Waals surface area contributed by atoms with Crippen molar-refractivity contribution in [3.8, 4) is 5.75 Å². The molecule has 4 heteroatoms. The topological polar surface area (TPSA) is 41.6 Å². The van der Waals surface area contributed by atoms with E-state index in [9.17, 15) is 4.79 Å². The van der Waals surface area contributed by atoms with E-state index in [1.807, 2.05) is 39.0 Å². The standard InChI is InChI=1S/C13H18N2O2/c1-9(2)14-13(16)15-6-7-17-12-5-4-10(3)8-11(12)15/h4-5,8-9H,6-7H2,1-3H3,(H,14,16). The van der Waals surface area contributed by atoms with Crippen molar-refractivity contribution >= 4 is 11.7 Å². The van der Waals surface area contributed by atoms with Crippen LogP contribution in [0.4, 0.5) is 10.5 Å². The second kappa shape index (κ2) is 4.65. The minimum Gasteiger partial charge on any atom is -0.490 e. The third kappa shape index (κ3) is 2.52. The van der Waals surface area contributed by atoms with Gasteiger partial charge < -0.3 is 10.1 Å². The lowest BCUT2D eigenvalue weighted by molar-refractivity contribution is 0.237. The molecule has 4 nitrogen and oxygen atoms in total. The van der Waals surface area contributed by atoms with E-state index < -0.39 is 0 Å². The van der Waals surface area contributed by atoms with Gasteiger partial charge in [-0.2, -0.15) is 0 Å². The molecule has 0 unspecified atom stereocenters. The molecule has 0 fully saturated rings. The molecule has 1 aromatic carbocycles. The molecular formula is C13H18N2O2. The molecule has 1 aromatic rings. The summed E-state index contributed by atoms with van der Waals surface area (Å²) in [5.41, 5.74) is 1.98. The van der Waals surface area contributed by atoms with E-state index in [1.54, 1.807) is 4.90 Å². The van der Waals surface area contributed by atoms with Gasteiger partial charge in [-0.05, 0) is 38.5 Å². The predicted molar refractivity (Wildman–Crippen MR) is 67.7 cm³/mol. The molecule has 17 heavy (non-hydrogen) atoms. The Balaban J connectivity index is 2.27. The van der Waals surface area contributed by atoms with Crippen LogP contribution in [0.3, 0.4) is 0 Å². The van der Waals surface area contributed by atoms with Crippen molar-refractivity contribution in [1.29, 1.82) is 0 Å². The van der Waals surface area contributed by atoms with Gasteiger partial charge in [-0.1, -0.05) is 6.07 Å². The lowest BCUT2D eigenvalue weighted by atomic mass is 10.1. The van der Waals surface area contributed by atoms with Crippen LogP contribution in [0.1, 0.15) is 19.4 Å². The zero-order valence-electron chi connectivity index (χ0n) is 10.5. The summed E-state index contributed by atoms with van der Waals surface area (Å²) >= 11 is 0. The Hall–Kier alpha value is -1.71. The second-order valence-corrected chi connectivity index (χ2v) is 4.58. The highest BCUT2D eigenvalue weighted by molar-refractivity contribution is 5.94. The second-order valence-electron chi connectivity index (χ2n) is 4.58. The number of carbonyl (C=O) groups excluding carboxylic acids is 1. The van der Waals surface area contributed by atoms with Crippen LogP contribution in [0, 0.1) is 6.92 Å². The van der Waals surface area contributed by atoms with Crippen LogP contribution in [0.15, 0.2) is 18.2 Å². The van der Waals surface area contributed by atoms with E-state index in [2.05, 4.69) is 5.32 Å². The predicted octanol–water partition coefficient (Wildman–Crippen LogP) is 2.31. The maximum absolute atomic E-state index is 12.0. The molecule has 0 saturated carbocycles. The Morgan fingerprint density at radius 2 is 2.24 bits per heavy atom. The van der Waals surface area contributed by atoms with Gasteiger partial charge in [0.05, 0.1) is 12.2 Å². The highest BCUT2D eigenvalue weighted by atomic mass is 16.5. The highest BCUT2D eigenvalue weighted by Crippen LogP contribution is 2.32. The van der Waals surface area contributed by atoms with Crippen LogP contribution in [0.5, 0.6) is 5.75 Å². The van der Waals surface area contributed by atoms with Gasteiger partial charge in [0.15, 0.2) is 0 Å². The quantitative estimate of drug-likeness (QED) is 0.810.